The second-order valence-electron chi connectivity index (χ2n) is 3.07. The molecule has 0 aliphatic carbocycles. The molecule has 1 aromatic heterocycles. The Morgan fingerprint density at radius 2 is 2.12 bits per heavy atom. The van der Waals surface area contributed by atoms with Crippen molar-refractivity contribution in [3.63, 3.8) is 0 Å². The molecule has 3 nitrogen and oxygen atoms in total. The van der Waals surface area contributed by atoms with Gasteiger partial charge in [-0.15, -0.1) is 0 Å². The molecule has 0 aromatic carbocycles. The maximum absolute atomic E-state index is 13.2. The SMILES string of the molecule is CCOC(=O)Cc1c(F)cnc(F)c1C(F)F. The van der Waals surface area contributed by atoms with Crippen LogP contribution in [0, 0.1) is 11.8 Å². The number of hydrogen-bond acceptors (Lipinski definition) is 3. The molecule has 1 rings (SSSR count). The quantitative estimate of drug-likeness (QED) is 0.468. The van der Waals surface area contributed by atoms with Gasteiger partial charge in [0.2, 0.25) is 5.95 Å². The first-order chi connectivity index (χ1) is 7.97. The summed E-state index contributed by atoms with van der Waals surface area (Å²) in [5, 5.41) is 0. The van der Waals surface area contributed by atoms with E-state index in [1.54, 1.807) is 0 Å². The van der Waals surface area contributed by atoms with Gasteiger partial charge in [-0.1, -0.05) is 0 Å². The van der Waals surface area contributed by atoms with Crippen molar-refractivity contribution < 1.29 is 27.1 Å². The molecule has 0 radical (unpaired) electrons. The van der Waals surface area contributed by atoms with Gasteiger partial charge in [-0.05, 0) is 6.92 Å². The summed E-state index contributed by atoms with van der Waals surface area (Å²) in [6, 6.07) is 0. The van der Waals surface area contributed by atoms with E-state index in [1.165, 1.54) is 6.92 Å². The fraction of sp³-hybridized carbons (Fsp3) is 0.400. The van der Waals surface area contributed by atoms with Crippen LogP contribution in [0.1, 0.15) is 24.5 Å². The van der Waals surface area contributed by atoms with Gasteiger partial charge in [0.1, 0.15) is 5.82 Å². The number of ether oxygens (including phenoxy) is 1. The molecule has 0 spiro atoms. The van der Waals surface area contributed by atoms with Crippen LogP contribution in [-0.4, -0.2) is 17.6 Å². The zero-order chi connectivity index (χ0) is 13.0. The average Bonchev–Trinajstić information content (AvgIpc) is 2.23. The Hall–Kier alpha value is -1.66. The number of aromatic nitrogens is 1. The summed E-state index contributed by atoms with van der Waals surface area (Å²) in [6.45, 7) is 1.54. The minimum atomic E-state index is -3.25. The second kappa shape index (κ2) is 5.60. The Bertz CT molecular complexity index is 423. The lowest BCUT2D eigenvalue weighted by atomic mass is 10.1. The van der Waals surface area contributed by atoms with Crippen LogP contribution in [0.3, 0.4) is 0 Å². The number of halogens is 4. The molecule has 0 fully saturated rings. The van der Waals surface area contributed by atoms with E-state index < -0.39 is 41.7 Å². The Balaban J connectivity index is 3.12. The van der Waals surface area contributed by atoms with E-state index in [0.717, 1.165) is 0 Å². The van der Waals surface area contributed by atoms with Crippen LogP contribution in [0.2, 0.25) is 0 Å². The number of pyridine rings is 1. The normalized spacial score (nSPS) is 10.7. The first-order valence-electron chi connectivity index (χ1n) is 4.73. The van der Waals surface area contributed by atoms with Crippen LogP contribution in [0.4, 0.5) is 17.6 Å². The molecule has 0 aliphatic heterocycles. The van der Waals surface area contributed by atoms with Crippen LogP contribution in [0.5, 0.6) is 0 Å². The minimum Gasteiger partial charge on any atom is -0.466 e. The molecule has 0 saturated heterocycles. The number of carbonyl (C=O) groups is 1. The molecule has 0 N–H and O–H groups in total. The van der Waals surface area contributed by atoms with Crippen LogP contribution in [-0.2, 0) is 16.0 Å². The molecule has 7 heteroatoms. The van der Waals surface area contributed by atoms with E-state index in [9.17, 15) is 22.4 Å². The van der Waals surface area contributed by atoms with Gasteiger partial charge < -0.3 is 4.74 Å². The van der Waals surface area contributed by atoms with Crippen molar-refractivity contribution in [1.29, 1.82) is 0 Å². The number of hydrogen-bond donors (Lipinski definition) is 0. The fourth-order valence-corrected chi connectivity index (χ4v) is 1.27. The first kappa shape index (κ1) is 13.4. The lowest BCUT2D eigenvalue weighted by molar-refractivity contribution is -0.142. The zero-order valence-corrected chi connectivity index (χ0v) is 8.84. The van der Waals surface area contributed by atoms with E-state index in [2.05, 4.69) is 9.72 Å². The second-order valence-corrected chi connectivity index (χ2v) is 3.07. The maximum atomic E-state index is 13.2. The first-order valence-corrected chi connectivity index (χ1v) is 4.73. The van der Waals surface area contributed by atoms with Crippen LogP contribution < -0.4 is 0 Å². The summed E-state index contributed by atoms with van der Waals surface area (Å²) in [7, 11) is 0. The van der Waals surface area contributed by atoms with E-state index in [-0.39, 0.29) is 6.61 Å². The predicted molar refractivity (Wildman–Crippen MR) is 49.4 cm³/mol. The van der Waals surface area contributed by atoms with Crippen molar-refractivity contribution in [3.8, 4) is 0 Å². The van der Waals surface area contributed by atoms with Gasteiger partial charge in [-0.2, -0.15) is 4.39 Å². The van der Waals surface area contributed by atoms with Crippen LogP contribution in [0.15, 0.2) is 6.20 Å². The van der Waals surface area contributed by atoms with Crippen molar-refractivity contribution in [1.82, 2.24) is 4.98 Å². The third kappa shape index (κ3) is 3.15. The summed E-state index contributed by atoms with van der Waals surface area (Å²) in [4.78, 5) is 13.9. The monoisotopic (exact) mass is 251 g/mol. The Morgan fingerprint density at radius 3 is 2.65 bits per heavy atom. The highest BCUT2D eigenvalue weighted by Gasteiger charge is 2.24. The Morgan fingerprint density at radius 1 is 1.47 bits per heavy atom. The summed E-state index contributed by atoms with van der Waals surface area (Å²) < 4.78 is 55.7. The van der Waals surface area contributed by atoms with Crippen LogP contribution >= 0.6 is 0 Å². The van der Waals surface area contributed by atoms with Gasteiger partial charge in [0, 0.05) is 5.56 Å². The van der Waals surface area contributed by atoms with Crippen molar-refractivity contribution >= 4 is 5.97 Å². The van der Waals surface area contributed by atoms with Gasteiger partial charge in [-0.3, -0.25) is 4.79 Å². The highest BCUT2D eigenvalue weighted by molar-refractivity contribution is 5.73. The number of rotatable bonds is 4. The molecule has 17 heavy (non-hydrogen) atoms. The van der Waals surface area contributed by atoms with E-state index in [4.69, 9.17) is 0 Å². The van der Waals surface area contributed by atoms with E-state index in [1.807, 2.05) is 0 Å². The van der Waals surface area contributed by atoms with Crippen molar-refractivity contribution in [3.05, 3.63) is 29.1 Å². The fourth-order valence-electron chi connectivity index (χ4n) is 1.27. The summed E-state index contributed by atoms with van der Waals surface area (Å²) >= 11 is 0. The molecule has 94 valence electrons. The standard InChI is InChI=1S/C10H9F4NO2/c1-2-17-7(16)3-5-6(11)4-15-10(14)8(5)9(12)13/h4,9H,2-3H2,1H3. The van der Waals surface area contributed by atoms with Gasteiger partial charge in [0.15, 0.2) is 0 Å². The molecule has 0 saturated carbocycles. The van der Waals surface area contributed by atoms with Crippen LogP contribution in [0.25, 0.3) is 0 Å². The third-order valence-electron chi connectivity index (χ3n) is 1.97. The number of alkyl halides is 2. The molecule has 0 atom stereocenters. The number of nitrogens with zero attached hydrogens (tertiary/aromatic N) is 1. The maximum Gasteiger partial charge on any atom is 0.310 e. The molecule has 0 bridgehead atoms. The molecule has 1 aromatic rings. The highest BCUT2D eigenvalue weighted by atomic mass is 19.3. The number of esters is 1. The highest BCUT2D eigenvalue weighted by Crippen LogP contribution is 2.27. The Labute approximate surface area is 94.4 Å². The summed E-state index contributed by atoms with van der Waals surface area (Å²) in [5.41, 5.74) is -1.91. The van der Waals surface area contributed by atoms with Gasteiger partial charge in [0.25, 0.3) is 6.43 Å². The molecule has 0 aliphatic rings. The topological polar surface area (TPSA) is 39.2 Å². The zero-order valence-electron chi connectivity index (χ0n) is 8.84. The van der Waals surface area contributed by atoms with Crippen molar-refractivity contribution in [2.45, 2.75) is 19.8 Å². The lowest BCUT2D eigenvalue weighted by Crippen LogP contribution is -2.13. The van der Waals surface area contributed by atoms with Gasteiger partial charge >= 0.3 is 5.97 Å². The summed E-state index contributed by atoms with van der Waals surface area (Å²) in [5.74, 6) is -3.55. The number of carbonyl (C=O) groups excluding carboxylic acids is 1. The predicted octanol–water partition coefficient (Wildman–Crippen LogP) is 2.40. The molecule has 0 amide bonds. The molecule has 1 heterocycles. The van der Waals surface area contributed by atoms with Crippen molar-refractivity contribution in [2.24, 2.45) is 0 Å². The smallest absolute Gasteiger partial charge is 0.310 e. The molecular formula is C10H9F4NO2. The average molecular weight is 251 g/mol. The van der Waals surface area contributed by atoms with Gasteiger partial charge in [0.05, 0.1) is 24.8 Å². The molecule has 0 unspecified atom stereocenters. The van der Waals surface area contributed by atoms with Gasteiger partial charge in [-0.25, -0.2) is 18.2 Å². The largest absolute Gasteiger partial charge is 0.466 e. The minimum absolute atomic E-state index is 0.0258. The van der Waals surface area contributed by atoms with E-state index in [0.29, 0.717) is 6.20 Å². The van der Waals surface area contributed by atoms with E-state index >= 15 is 0 Å². The van der Waals surface area contributed by atoms with Crippen molar-refractivity contribution in [2.75, 3.05) is 6.61 Å². The lowest BCUT2D eigenvalue weighted by Gasteiger charge is -2.09. The summed E-state index contributed by atoms with van der Waals surface area (Å²) in [6.07, 6.45) is -3.54. The third-order valence-corrected chi connectivity index (χ3v) is 1.97. The molecular weight excluding hydrogens is 242 g/mol. The Kier molecular flexibility index (Phi) is 4.42.